The number of rotatable bonds is 14. The smallest absolute Gasteiger partial charge is 0.260 e. The zero-order valence-electron chi connectivity index (χ0n) is 23.8. The quantitative estimate of drug-likeness (QED) is 0.204. The number of sulfonamides is 1. The second-order valence-electron chi connectivity index (χ2n) is 10.0. The molecule has 0 atom stereocenters. The fourth-order valence-electron chi connectivity index (χ4n) is 4.66. The molecule has 2 aromatic carbocycles. The maximum absolute atomic E-state index is 13.8. The number of hydrogen-bond acceptors (Lipinski definition) is 7. The van der Waals surface area contributed by atoms with E-state index in [1.54, 1.807) is 39.5 Å². The number of morpholine rings is 1. The Bertz CT molecular complexity index is 1350. The van der Waals surface area contributed by atoms with Crippen molar-refractivity contribution in [2.45, 2.75) is 50.8 Å². The molecule has 3 aromatic rings. The molecule has 4 rings (SSSR count). The Kier molecular flexibility index (Phi) is 13.3. The topological polar surface area (TPSA) is 83.1 Å². The van der Waals surface area contributed by atoms with Crippen LogP contribution >= 0.6 is 35.3 Å². The average Bonchev–Trinajstić information content (AvgIpc) is 3.38. The second kappa shape index (κ2) is 16.2. The minimum Gasteiger partial charge on any atom is -0.379 e. The Labute approximate surface area is 259 Å². The van der Waals surface area contributed by atoms with E-state index < -0.39 is 10.0 Å². The molecule has 1 saturated heterocycles. The number of carbonyl (C=O) groups is 1. The predicted octanol–water partition coefficient (Wildman–Crippen LogP) is 6.33. The molecule has 0 radical (unpaired) electrons. The fourth-order valence-corrected chi connectivity index (χ4v) is 7.44. The van der Waals surface area contributed by atoms with Crippen molar-refractivity contribution in [3.63, 3.8) is 0 Å². The largest absolute Gasteiger partial charge is 0.379 e. The number of thiazole rings is 1. The van der Waals surface area contributed by atoms with Gasteiger partial charge in [-0.3, -0.25) is 14.6 Å². The van der Waals surface area contributed by atoms with Crippen molar-refractivity contribution in [3.8, 4) is 0 Å². The van der Waals surface area contributed by atoms with Gasteiger partial charge in [-0.1, -0.05) is 49.6 Å². The van der Waals surface area contributed by atoms with Crippen molar-refractivity contribution in [1.29, 1.82) is 0 Å². The summed E-state index contributed by atoms with van der Waals surface area (Å²) in [6.07, 6.45) is 4.24. The molecule has 1 aromatic heterocycles. The van der Waals surface area contributed by atoms with Gasteiger partial charge in [0.15, 0.2) is 5.13 Å². The Balaban J connectivity index is 0.00000462. The van der Waals surface area contributed by atoms with Crippen molar-refractivity contribution in [2.75, 3.05) is 57.4 Å². The zero-order chi connectivity index (χ0) is 28.5. The predicted molar refractivity (Wildman–Crippen MR) is 170 cm³/mol. The summed E-state index contributed by atoms with van der Waals surface area (Å²) < 4.78 is 34.7. The van der Waals surface area contributed by atoms with Gasteiger partial charge < -0.3 is 4.74 Å². The molecule has 0 N–H and O–H groups in total. The molecule has 8 nitrogen and oxygen atoms in total. The molecule has 12 heteroatoms. The van der Waals surface area contributed by atoms with Crippen LogP contribution in [0.2, 0.25) is 5.02 Å². The molecule has 1 fully saturated rings. The molecule has 41 heavy (non-hydrogen) atoms. The lowest BCUT2D eigenvalue weighted by molar-refractivity contribution is 0.0376. The van der Waals surface area contributed by atoms with Gasteiger partial charge in [0, 0.05) is 49.9 Å². The molecule has 0 aliphatic carbocycles. The highest BCUT2D eigenvalue weighted by Gasteiger charge is 2.26. The summed E-state index contributed by atoms with van der Waals surface area (Å²) in [7, 11) is -3.64. The first-order valence-electron chi connectivity index (χ1n) is 14.1. The minimum atomic E-state index is -3.64. The number of halogens is 2. The summed E-state index contributed by atoms with van der Waals surface area (Å²) in [5.74, 6) is -0.204. The van der Waals surface area contributed by atoms with Crippen LogP contribution in [0.1, 0.15) is 56.3 Å². The van der Waals surface area contributed by atoms with E-state index in [4.69, 9.17) is 21.3 Å². The van der Waals surface area contributed by atoms with Crippen molar-refractivity contribution in [1.82, 2.24) is 14.2 Å². The summed E-state index contributed by atoms with van der Waals surface area (Å²) in [5.41, 5.74) is 1.22. The van der Waals surface area contributed by atoms with E-state index in [-0.39, 0.29) is 23.2 Å². The van der Waals surface area contributed by atoms with E-state index in [9.17, 15) is 13.2 Å². The van der Waals surface area contributed by atoms with E-state index in [0.29, 0.717) is 35.4 Å². The van der Waals surface area contributed by atoms with Crippen molar-refractivity contribution < 1.29 is 17.9 Å². The van der Waals surface area contributed by atoms with Crippen LogP contribution in [0.3, 0.4) is 0 Å². The molecule has 1 amide bonds. The SMILES string of the molecule is CCCCN(CCCC)S(=O)(=O)c1ccc(C(=O)N(CCCN2CCOCC2)c2nc3ccc(Cl)cc3s2)cc1.Cl. The van der Waals surface area contributed by atoms with Crippen LogP contribution in [0.4, 0.5) is 5.13 Å². The van der Waals surface area contributed by atoms with Gasteiger partial charge in [-0.05, 0) is 61.7 Å². The Morgan fingerprint density at radius 1 is 1.00 bits per heavy atom. The van der Waals surface area contributed by atoms with Gasteiger partial charge in [-0.25, -0.2) is 13.4 Å². The third-order valence-corrected chi connectivity index (χ3v) is 10.2. The highest BCUT2D eigenvalue weighted by molar-refractivity contribution is 7.89. The molecule has 226 valence electrons. The van der Waals surface area contributed by atoms with Gasteiger partial charge in [0.25, 0.3) is 5.91 Å². The van der Waals surface area contributed by atoms with Gasteiger partial charge in [0.05, 0.1) is 28.3 Å². The molecular weight excluding hydrogens is 603 g/mol. The Hall–Kier alpha value is -1.79. The van der Waals surface area contributed by atoms with E-state index in [0.717, 1.165) is 75.2 Å². The number of aromatic nitrogens is 1. The van der Waals surface area contributed by atoms with E-state index in [2.05, 4.69) is 18.7 Å². The first kappa shape index (κ1) is 33.7. The Morgan fingerprint density at radius 2 is 1.66 bits per heavy atom. The lowest BCUT2D eigenvalue weighted by Crippen LogP contribution is -2.39. The molecule has 2 heterocycles. The highest BCUT2D eigenvalue weighted by atomic mass is 35.5. The number of amides is 1. The summed E-state index contributed by atoms with van der Waals surface area (Å²) in [4.78, 5) is 22.8. The van der Waals surface area contributed by atoms with Gasteiger partial charge in [0.1, 0.15) is 0 Å². The maximum atomic E-state index is 13.8. The summed E-state index contributed by atoms with van der Waals surface area (Å²) in [6, 6.07) is 11.8. The monoisotopic (exact) mass is 642 g/mol. The first-order valence-corrected chi connectivity index (χ1v) is 16.7. The molecule has 1 aliphatic rings. The number of hydrogen-bond donors (Lipinski definition) is 0. The van der Waals surface area contributed by atoms with Gasteiger partial charge in [0.2, 0.25) is 10.0 Å². The average molecular weight is 644 g/mol. The van der Waals surface area contributed by atoms with Crippen LogP contribution in [-0.2, 0) is 14.8 Å². The lowest BCUT2D eigenvalue weighted by atomic mass is 10.2. The standard InChI is InChI=1S/C29H39ClN4O4S2.ClH/c1-3-5-15-33(16-6-4-2)40(36,37)25-11-8-23(9-12-25)28(35)34(17-7-14-32-18-20-38-21-19-32)29-31-26-13-10-24(30)22-27(26)39-29;/h8-13,22H,3-7,14-21H2,1-2H3;1H. The number of unbranched alkanes of at least 4 members (excludes halogenated alkanes) is 2. The number of nitrogens with zero attached hydrogens (tertiary/aromatic N) is 4. The van der Waals surface area contributed by atoms with Crippen molar-refractivity contribution in [3.05, 3.63) is 53.1 Å². The van der Waals surface area contributed by atoms with Crippen molar-refractivity contribution in [2.24, 2.45) is 0 Å². The number of anilines is 1. The first-order chi connectivity index (χ1) is 19.3. The van der Waals surface area contributed by atoms with Gasteiger partial charge >= 0.3 is 0 Å². The molecule has 0 bridgehead atoms. The third kappa shape index (κ3) is 8.86. The molecule has 0 spiro atoms. The van der Waals surface area contributed by atoms with Gasteiger partial charge in [-0.2, -0.15) is 4.31 Å². The highest BCUT2D eigenvalue weighted by Crippen LogP contribution is 2.32. The lowest BCUT2D eigenvalue weighted by Gasteiger charge is -2.27. The molecule has 0 saturated carbocycles. The normalized spacial score (nSPS) is 14.3. The second-order valence-corrected chi connectivity index (χ2v) is 13.4. The van der Waals surface area contributed by atoms with Crippen LogP contribution < -0.4 is 4.90 Å². The van der Waals surface area contributed by atoms with Crippen molar-refractivity contribution >= 4 is 66.6 Å². The zero-order valence-corrected chi connectivity index (χ0v) is 27.0. The molecular formula is C29H40Cl2N4O4S2. The maximum Gasteiger partial charge on any atom is 0.260 e. The number of carbonyl (C=O) groups excluding carboxylic acids is 1. The minimum absolute atomic E-state index is 0. The fraction of sp³-hybridized carbons (Fsp3) is 0.517. The number of benzene rings is 2. The molecule has 0 unspecified atom stereocenters. The van der Waals surface area contributed by atoms with Crippen LogP contribution in [0.5, 0.6) is 0 Å². The van der Waals surface area contributed by atoms with Crippen LogP contribution in [0.25, 0.3) is 10.2 Å². The van der Waals surface area contributed by atoms with Crippen LogP contribution in [-0.4, -0.2) is 81.0 Å². The summed E-state index contributed by atoms with van der Waals surface area (Å²) >= 11 is 7.62. The molecule has 1 aliphatic heterocycles. The van der Waals surface area contributed by atoms with Gasteiger partial charge in [-0.15, -0.1) is 12.4 Å². The van der Waals surface area contributed by atoms with E-state index in [1.807, 2.05) is 12.1 Å². The summed E-state index contributed by atoms with van der Waals surface area (Å²) in [5, 5.41) is 1.22. The van der Waals surface area contributed by atoms with E-state index >= 15 is 0 Å². The number of fused-ring (bicyclic) bond motifs is 1. The Morgan fingerprint density at radius 3 is 2.29 bits per heavy atom. The van der Waals surface area contributed by atoms with Crippen LogP contribution in [0.15, 0.2) is 47.4 Å². The third-order valence-electron chi connectivity index (χ3n) is 7.04. The number of ether oxygens (including phenoxy) is 1. The van der Waals surface area contributed by atoms with E-state index in [1.165, 1.54) is 11.3 Å². The van der Waals surface area contributed by atoms with Crippen LogP contribution in [0, 0.1) is 0 Å². The summed E-state index contributed by atoms with van der Waals surface area (Å²) in [6.45, 7) is 9.67.